The van der Waals surface area contributed by atoms with Crippen molar-refractivity contribution in [2.75, 3.05) is 0 Å². The van der Waals surface area contributed by atoms with Gasteiger partial charge in [-0.3, -0.25) is 15.0 Å². The molecule has 0 saturated heterocycles. The summed E-state index contributed by atoms with van der Waals surface area (Å²) in [5.41, 5.74) is 3.10. The number of hydrogen-bond acceptors (Lipinski definition) is 4. The van der Waals surface area contributed by atoms with Gasteiger partial charge in [0.2, 0.25) is 0 Å². The first kappa shape index (κ1) is 10.4. The van der Waals surface area contributed by atoms with Crippen molar-refractivity contribution in [1.29, 1.82) is 0 Å². The minimum absolute atomic E-state index is 0.121. The van der Waals surface area contributed by atoms with Gasteiger partial charge >= 0.3 is 0 Å². The van der Waals surface area contributed by atoms with Crippen molar-refractivity contribution < 1.29 is 4.79 Å². The van der Waals surface area contributed by atoms with Crippen molar-refractivity contribution in [3.63, 3.8) is 0 Å². The second-order valence-electron chi connectivity index (χ2n) is 3.28. The van der Waals surface area contributed by atoms with E-state index >= 15 is 0 Å². The molecule has 0 aromatic carbocycles. The molecular formula is C9H11N5O2. The third-order valence-corrected chi connectivity index (χ3v) is 2.33. The fourth-order valence-electron chi connectivity index (χ4n) is 1.49. The molecule has 4 N–H and O–H groups in total. The summed E-state index contributed by atoms with van der Waals surface area (Å²) in [6.07, 6.45) is 2.31. The number of carbonyl (C=O) groups excluding carboxylic acids is 1. The van der Waals surface area contributed by atoms with Gasteiger partial charge in [0.05, 0.1) is 6.20 Å². The molecule has 0 aliphatic rings. The summed E-state index contributed by atoms with van der Waals surface area (Å²) in [6, 6.07) is 1.15. The van der Waals surface area contributed by atoms with Gasteiger partial charge < -0.3 is 4.98 Å². The molecule has 0 fully saturated rings. The minimum atomic E-state index is -0.539. The zero-order valence-electron chi connectivity index (χ0n) is 8.65. The Bertz CT molecular complexity index is 597. The fraction of sp³-hybridized carbons (Fsp3) is 0.222. The summed E-state index contributed by atoms with van der Waals surface area (Å²) in [5, 5.41) is 3.93. The number of rotatable bonds is 2. The highest BCUT2D eigenvalue weighted by atomic mass is 16.2. The molecule has 2 aromatic rings. The lowest BCUT2D eigenvalue weighted by Gasteiger charge is -2.01. The normalized spacial score (nSPS) is 10.6. The number of H-pyrrole nitrogens is 1. The number of nitrogens with two attached hydrogens (primary N) is 1. The van der Waals surface area contributed by atoms with Crippen molar-refractivity contribution in [3.8, 4) is 0 Å². The van der Waals surface area contributed by atoms with E-state index in [0.717, 1.165) is 11.6 Å². The molecule has 0 atom stereocenters. The smallest absolute Gasteiger partial charge is 0.281 e. The van der Waals surface area contributed by atoms with Crippen LogP contribution < -0.4 is 16.8 Å². The lowest BCUT2D eigenvalue weighted by Crippen LogP contribution is -2.32. The van der Waals surface area contributed by atoms with Crippen LogP contribution in [0.2, 0.25) is 0 Å². The van der Waals surface area contributed by atoms with Gasteiger partial charge in [0.15, 0.2) is 0 Å². The number of hydrazine groups is 1. The first-order valence-electron chi connectivity index (χ1n) is 4.78. The molecule has 0 saturated carbocycles. The number of fused-ring (bicyclic) bond motifs is 1. The third-order valence-electron chi connectivity index (χ3n) is 2.33. The summed E-state index contributed by atoms with van der Waals surface area (Å²) in [4.78, 5) is 25.7. The molecule has 7 nitrogen and oxygen atoms in total. The molecule has 2 heterocycles. The zero-order valence-corrected chi connectivity index (χ0v) is 8.65. The Hall–Kier alpha value is -2.15. The lowest BCUT2D eigenvalue weighted by atomic mass is 10.2. The van der Waals surface area contributed by atoms with Crippen LogP contribution in [0.25, 0.3) is 5.65 Å². The number of amides is 1. The van der Waals surface area contributed by atoms with Crippen LogP contribution in [-0.2, 0) is 6.42 Å². The summed E-state index contributed by atoms with van der Waals surface area (Å²) >= 11 is 0. The van der Waals surface area contributed by atoms with E-state index in [2.05, 4.69) is 10.1 Å². The van der Waals surface area contributed by atoms with Gasteiger partial charge in [0.1, 0.15) is 11.3 Å². The molecule has 1 amide bonds. The third kappa shape index (κ3) is 1.47. The summed E-state index contributed by atoms with van der Waals surface area (Å²) in [6.45, 7) is 1.94. The van der Waals surface area contributed by atoms with Crippen LogP contribution in [0.4, 0.5) is 0 Å². The Morgan fingerprint density at radius 1 is 1.69 bits per heavy atom. The van der Waals surface area contributed by atoms with E-state index in [1.807, 2.05) is 12.3 Å². The van der Waals surface area contributed by atoms with Crippen molar-refractivity contribution >= 4 is 11.6 Å². The van der Waals surface area contributed by atoms with E-state index < -0.39 is 5.91 Å². The summed E-state index contributed by atoms with van der Waals surface area (Å²) < 4.78 is 1.21. The first-order valence-corrected chi connectivity index (χ1v) is 4.78. The highest BCUT2D eigenvalue weighted by molar-refractivity contribution is 5.92. The molecule has 84 valence electrons. The van der Waals surface area contributed by atoms with E-state index in [-0.39, 0.29) is 11.3 Å². The van der Waals surface area contributed by atoms with E-state index in [4.69, 9.17) is 5.84 Å². The number of aryl methyl sites for hydroxylation is 1. The Kier molecular flexibility index (Phi) is 2.45. The molecule has 0 unspecified atom stereocenters. The molecule has 0 aliphatic heterocycles. The van der Waals surface area contributed by atoms with E-state index in [1.54, 1.807) is 6.20 Å². The zero-order chi connectivity index (χ0) is 11.7. The van der Waals surface area contributed by atoms with Crippen LogP contribution in [0.15, 0.2) is 17.1 Å². The summed E-state index contributed by atoms with van der Waals surface area (Å²) in [7, 11) is 0. The lowest BCUT2D eigenvalue weighted by molar-refractivity contribution is 0.0948. The second-order valence-corrected chi connectivity index (χ2v) is 3.28. The first-order chi connectivity index (χ1) is 7.67. The van der Waals surface area contributed by atoms with Crippen LogP contribution in [-0.4, -0.2) is 20.5 Å². The maximum Gasteiger partial charge on any atom is 0.281 e. The van der Waals surface area contributed by atoms with Gasteiger partial charge in [-0.1, -0.05) is 6.92 Å². The number of hydrogen-bond donors (Lipinski definition) is 3. The Morgan fingerprint density at radius 3 is 3.06 bits per heavy atom. The molecule has 0 aliphatic carbocycles. The molecule has 0 radical (unpaired) electrons. The van der Waals surface area contributed by atoms with E-state index in [1.165, 1.54) is 4.52 Å². The molecule has 16 heavy (non-hydrogen) atoms. The Morgan fingerprint density at radius 2 is 2.44 bits per heavy atom. The number of carbonyl (C=O) groups is 1. The SMILES string of the molecule is CCc1cnn2c(=O)cc(C(=O)NN)[nH]c12. The van der Waals surface area contributed by atoms with Gasteiger partial charge in [-0.25, -0.2) is 5.84 Å². The fourth-order valence-corrected chi connectivity index (χ4v) is 1.49. The van der Waals surface area contributed by atoms with Gasteiger partial charge in [-0.2, -0.15) is 9.61 Å². The maximum atomic E-state index is 11.6. The topological polar surface area (TPSA) is 105 Å². The van der Waals surface area contributed by atoms with Crippen molar-refractivity contribution in [2.45, 2.75) is 13.3 Å². The van der Waals surface area contributed by atoms with E-state index in [9.17, 15) is 9.59 Å². The highest BCUT2D eigenvalue weighted by Crippen LogP contribution is 2.06. The van der Waals surface area contributed by atoms with Crippen molar-refractivity contribution in [2.24, 2.45) is 5.84 Å². The molecule has 7 heteroatoms. The quantitative estimate of drug-likeness (QED) is 0.350. The van der Waals surface area contributed by atoms with Gasteiger partial charge in [-0.05, 0) is 6.42 Å². The number of aromatic nitrogens is 3. The van der Waals surface area contributed by atoms with Crippen LogP contribution >= 0.6 is 0 Å². The van der Waals surface area contributed by atoms with Crippen LogP contribution in [0.5, 0.6) is 0 Å². The van der Waals surface area contributed by atoms with Gasteiger partial charge in [0, 0.05) is 11.6 Å². The predicted octanol–water partition coefficient (Wildman–Crippen LogP) is -0.811. The minimum Gasteiger partial charge on any atom is -0.335 e. The largest absolute Gasteiger partial charge is 0.335 e. The summed E-state index contributed by atoms with van der Waals surface area (Å²) in [5.74, 6) is 4.46. The predicted molar refractivity (Wildman–Crippen MR) is 56.8 cm³/mol. The Labute approximate surface area is 90.2 Å². The Balaban J connectivity index is 2.73. The molecule has 0 bridgehead atoms. The van der Waals surface area contributed by atoms with Gasteiger partial charge in [0.25, 0.3) is 11.5 Å². The molecular weight excluding hydrogens is 210 g/mol. The standard InChI is InChI=1S/C9H11N5O2/c1-2-5-4-11-14-7(15)3-6(9(16)13-10)12-8(5)14/h3-4,12H,2,10H2,1H3,(H,13,16). The second kappa shape index (κ2) is 3.78. The van der Waals surface area contributed by atoms with Crippen molar-refractivity contribution in [3.05, 3.63) is 33.9 Å². The van der Waals surface area contributed by atoms with Crippen LogP contribution in [0.3, 0.4) is 0 Å². The van der Waals surface area contributed by atoms with Crippen LogP contribution in [0, 0.1) is 0 Å². The number of aromatic amines is 1. The number of nitrogens with one attached hydrogen (secondary N) is 2. The van der Waals surface area contributed by atoms with Crippen molar-refractivity contribution in [1.82, 2.24) is 20.0 Å². The average Bonchev–Trinajstić information content (AvgIpc) is 2.71. The van der Waals surface area contributed by atoms with E-state index in [0.29, 0.717) is 12.1 Å². The molecule has 2 rings (SSSR count). The monoisotopic (exact) mass is 221 g/mol. The molecule has 2 aromatic heterocycles. The molecule has 0 spiro atoms. The van der Waals surface area contributed by atoms with Crippen LogP contribution in [0.1, 0.15) is 23.0 Å². The average molecular weight is 221 g/mol. The highest BCUT2D eigenvalue weighted by Gasteiger charge is 2.11. The van der Waals surface area contributed by atoms with Gasteiger partial charge in [-0.15, -0.1) is 0 Å². The number of nitrogens with zero attached hydrogens (tertiary/aromatic N) is 2. The number of nitrogen functional groups attached to an aromatic ring is 1. The maximum absolute atomic E-state index is 11.6.